The van der Waals surface area contributed by atoms with Gasteiger partial charge in [-0.15, -0.1) is 29.3 Å². The van der Waals surface area contributed by atoms with E-state index >= 15 is 0 Å². The van der Waals surface area contributed by atoms with Gasteiger partial charge in [0.1, 0.15) is 11.6 Å². The first kappa shape index (κ1) is 49.1. The summed E-state index contributed by atoms with van der Waals surface area (Å²) < 4.78 is 2.28. The predicted octanol–water partition coefficient (Wildman–Crippen LogP) is 17.1. The standard InChI is InChI=1S/C64H64N3O.Pt/c1-61(2,3)46-30-31-56(52(38-46)42-24-17-14-18-25-42)67-57-29-21-28-51(58(57)66-60(67)53-39-48(63(7,8)9)40-54(59(53)68)64(10,11)12)44-34-45(36-47(35-44)62(4,5)6)55-37-43(32-33-65-55)50-27-20-19-26-49(50)41-22-15-13-16-23-41;/h13-33,35-40,68H,1-12H3;/q-1;. The Bertz CT molecular complexity index is 3320. The third-order valence-electron chi connectivity index (χ3n) is 13.3. The maximum atomic E-state index is 12.6. The fourth-order valence-corrected chi connectivity index (χ4v) is 9.23. The Hall–Kier alpha value is -6.35. The van der Waals surface area contributed by atoms with E-state index in [1.165, 1.54) is 22.3 Å². The second-order valence-electron chi connectivity index (χ2n) is 22.5. The molecular formula is C64H64N3OPt-. The fourth-order valence-electron chi connectivity index (χ4n) is 9.23. The van der Waals surface area contributed by atoms with Crippen molar-refractivity contribution >= 4 is 11.0 Å². The van der Waals surface area contributed by atoms with Crippen LogP contribution in [0.25, 0.3) is 83.9 Å². The van der Waals surface area contributed by atoms with Crippen LogP contribution >= 0.6 is 0 Å². The van der Waals surface area contributed by atoms with Crippen molar-refractivity contribution in [3.8, 4) is 78.6 Å². The van der Waals surface area contributed by atoms with Gasteiger partial charge < -0.3 is 5.11 Å². The van der Waals surface area contributed by atoms with Gasteiger partial charge in [-0.1, -0.05) is 209 Å². The van der Waals surface area contributed by atoms with Crippen LogP contribution in [0.1, 0.15) is 105 Å². The second kappa shape index (κ2) is 18.5. The van der Waals surface area contributed by atoms with Crippen molar-refractivity contribution in [2.75, 3.05) is 0 Å². The van der Waals surface area contributed by atoms with Gasteiger partial charge in [-0.3, -0.25) is 9.55 Å². The zero-order valence-electron chi connectivity index (χ0n) is 42.2. The van der Waals surface area contributed by atoms with E-state index in [0.29, 0.717) is 11.4 Å². The molecule has 0 saturated heterocycles. The van der Waals surface area contributed by atoms with Crippen LogP contribution in [0.5, 0.6) is 5.75 Å². The first-order chi connectivity index (χ1) is 32.2. The maximum Gasteiger partial charge on any atom is 0.148 e. The van der Waals surface area contributed by atoms with Crippen molar-refractivity contribution in [1.29, 1.82) is 0 Å². The van der Waals surface area contributed by atoms with Crippen molar-refractivity contribution in [3.63, 3.8) is 0 Å². The first-order valence-electron chi connectivity index (χ1n) is 24.0. The van der Waals surface area contributed by atoms with Gasteiger partial charge in [-0.2, -0.15) is 0 Å². The van der Waals surface area contributed by atoms with E-state index < -0.39 is 0 Å². The number of hydrogen-bond donors (Lipinski definition) is 1. The van der Waals surface area contributed by atoms with E-state index in [4.69, 9.17) is 9.97 Å². The quantitative estimate of drug-likeness (QED) is 0.162. The summed E-state index contributed by atoms with van der Waals surface area (Å²) in [4.78, 5) is 10.7. The molecule has 2 aromatic heterocycles. The summed E-state index contributed by atoms with van der Waals surface area (Å²) in [5, 5.41) is 12.6. The third kappa shape index (κ3) is 9.79. The predicted molar refractivity (Wildman–Crippen MR) is 287 cm³/mol. The molecule has 352 valence electrons. The Morgan fingerprint density at radius 3 is 1.59 bits per heavy atom. The van der Waals surface area contributed by atoms with Gasteiger partial charge in [-0.05, 0) is 90.9 Å². The average molecular weight is 1090 g/mol. The summed E-state index contributed by atoms with van der Waals surface area (Å²) in [6, 6.07) is 60.1. The number of fused-ring (bicyclic) bond motifs is 1. The molecule has 9 aromatic rings. The molecule has 0 fully saturated rings. The van der Waals surface area contributed by atoms with Crippen molar-refractivity contribution in [3.05, 3.63) is 192 Å². The van der Waals surface area contributed by atoms with E-state index in [1.807, 2.05) is 6.20 Å². The van der Waals surface area contributed by atoms with Gasteiger partial charge >= 0.3 is 0 Å². The molecule has 0 amide bonds. The summed E-state index contributed by atoms with van der Waals surface area (Å²) in [6.45, 7) is 26.8. The van der Waals surface area contributed by atoms with E-state index in [2.05, 4.69) is 251 Å². The summed E-state index contributed by atoms with van der Waals surface area (Å²) in [6.07, 6.45) is 1.91. The van der Waals surface area contributed by atoms with Crippen molar-refractivity contribution in [2.45, 2.75) is 105 Å². The molecule has 0 saturated carbocycles. The molecule has 0 atom stereocenters. The van der Waals surface area contributed by atoms with Crippen molar-refractivity contribution in [2.24, 2.45) is 0 Å². The Kier molecular flexibility index (Phi) is 13.2. The molecule has 0 aliphatic rings. The van der Waals surface area contributed by atoms with Gasteiger partial charge in [0.25, 0.3) is 0 Å². The Balaban J connectivity index is 0.00000642. The molecule has 0 aliphatic carbocycles. The van der Waals surface area contributed by atoms with Crippen LogP contribution in [0.4, 0.5) is 0 Å². The van der Waals surface area contributed by atoms with Crippen LogP contribution in [0.2, 0.25) is 0 Å². The van der Waals surface area contributed by atoms with Gasteiger partial charge in [0.15, 0.2) is 0 Å². The van der Waals surface area contributed by atoms with Crippen molar-refractivity contribution in [1.82, 2.24) is 14.5 Å². The van der Waals surface area contributed by atoms with E-state index in [9.17, 15) is 5.11 Å². The molecule has 9 rings (SSSR count). The number of para-hydroxylation sites is 1. The third-order valence-corrected chi connectivity index (χ3v) is 13.3. The monoisotopic (exact) mass is 1090 g/mol. The first-order valence-corrected chi connectivity index (χ1v) is 24.0. The number of phenolic OH excluding ortho intramolecular Hbond substituents is 1. The fraction of sp³-hybridized carbons (Fsp3) is 0.250. The molecular weight excluding hydrogens is 1020 g/mol. The minimum absolute atomic E-state index is 0. The van der Waals surface area contributed by atoms with Crippen LogP contribution in [0.15, 0.2) is 164 Å². The van der Waals surface area contributed by atoms with Gasteiger partial charge in [0.05, 0.1) is 22.3 Å². The molecule has 2 heterocycles. The zero-order chi connectivity index (χ0) is 48.3. The number of imidazole rings is 1. The summed E-state index contributed by atoms with van der Waals surface area (Å²) in [5.41, 5.74) is 17.5. The minimum Gasteiger partial charge on any atom is -0.507 e. The maximum absolute atomic E-state index is 12.6. The molecule has 5 heteroatoms. The number of hydrogen-bond acceptors (Lipinski definition) is 3. The van der Waals surface area contributed by atoms with Crippen LogP contribution in [0.3, 0.4) is 0 Å². The topological polar surface area (TPSA) is 50.9 Å². The molecule has 4 nitrogen and oxygen atoms in total. The Labute approximate surface area is 424 Å². The molecule has 0 spiro atoms. The second-order valence-corrected chi connectivity index (χ2v) is 22.5. The Morgan fingerprint density at radius 2 is 0.986 bits per heavy atom. The summed E-state index contributed by atoms with van der Waals surface area (Å²) in [5.74, 6) is 0.931. The van der Waals surface area contributed by atoms with Gasteiger partial charge in [-0.25, -0.2) is 4.98 Å². The smallest absolute Gasteiger partial charge is 0.148 e. The molecule has 69 heavy (non-hydrogen) atoms. The molecule has 0 aliphatic heterocycles. The number of pyridine rings is 1. The minimum atomic E-state index is -0.334. The molecule has 0 unspecified atom stereocenters. The summed E-state index contributed by atoms with van der Waals surface area (Å²) in [7, 11) is 0. The number of aromatic nitrogens is 3. The van der Waals surface area contributed by atoms with Crippen LogP contribution in [-0.4, -0.2) is 19.6 Å². The van der Waals surface area contributed by atoms with E-state index in [1.54, 1.807) is 0 Å². The largest absolute Gasteiger partial charge is 0.507 e. The molecule has 7 aromatic carbocycles. The number of benzene rings is 7. The molecule has 1 N–H and O–H groups in total. The molecule has 0 radical (unpaired) electrons. The Morgan fingerprint density at radius 1 is 0.449 bits per heavy atom. The SMILES string of the molecule is CC(C)(C)c1cc(-c2cc(-c3ccccc3-c3ccccc3)ccn2)[c-]c(-c2cccc3c2nc(-c2cc(C(C)(C)C)cc(C(C)(C)C)c2O)n3-c2ccc(C(C)(C)C)cc2-c2ccccc2)c1.[Pt]. The number of aromatic hydroxyl groups is 1. The van der Waals surface area contributed by atoms with Gasteiger partial charge in [0.2, 0.25) is 0 Å². The van der Waals surface area contributed by atoms with Crippen LogP contribution in [0, 0.1) is 6.07 Å². The van der Waals surface area contributed by atoms with Crippen molar-refractivity contribution < 1.29 is 26.2 Å². The van der Waals surface area contributed by atoms with E-state index in [-0.39, 0.29) is 48.5 Å². The van der Waals surface area contributed by atoms with Gasteiger partial charge in [0, 0.05) is 44.1 Å². The zero-order valence-corrected chi connectivity index (χ0v) is 44.5. The number of rotatable bonds is 7. The van der Waals surface area contributed by atoms with E-state index in [0.717, 1.165) is 72.5 Å². The number of nitrogens with zero attached hydrogens (tertiary/aromatic N) is 3. The normalized spacial score (nSPS) is 12.3. The molecule has 0 bridgehead atoms. The summed E-state index contributed by atoms with van der Waals surface area (Å²) >= 11 is 0. The van der Waals surface area contributed by atoms with Crippen LogP contribution < -0.4 is 0 Å². The number of phenols is 1. The van der Waals surface area contributed by atoms with Crippen LogP contribution in [-0.2, 0) is 42.7 Å². The average Bonchev–Trinajstić information content (AvgIpc) is 3.70.